The van der Waals surface area contributed by atoms with E-state index in [1.165, 1.54) is 12.1 Å². The molecule has 1 nitrogen and oxygen atoms in total. The molecule has 0 atom stereocenters. The molecule has 0 bridgehead atoms. The molecule has 0 amide bonds. The second-order valence-corrected chi connectivity index (χ2v) is 4.02. The minimum atomic E-state index is -0.464. The summed E-state index contributed by atoms with van der Waals surface area (Å²) in [6.07, 6.45) is 0. The van der Waals surface area contributed by atoms with Gasteiger partial charge in [-0.1, -0.05) is 23.7 Å². The molecule has 0 saturated heterocycles. The van der Waals surface area contributed by atoms with Gasteiger partial charge in [-0.25, -0.2) is 4.39 Å². The Morgan fingerprint density at radius 2 is 1.94 bits per heavy atom. The van der Waals surface area contributed by atoms with Crippen LogP contribution in [0, 0.1) is 12.7 Å². The molecular formula is C13H10ClFO. The summed E-state index contributed by atoms with van der Waals surface area (Å²) >= 11 is 5.99. The molecule has 2 aromatic carbocycles. The molecule has 0 aliphatic rings. The average Bonchev–Trinajstić information content (AvgIpc) is 2.20. The van der Waals surface area contributed by atoms with Crippen LogP contribution in [0.4, 0.5) is 4.39 Å². The Morgan fingerprint density at radius 3 is 2.62 bits per heavy atom. The van der Waals surface area contributed by atoms with Crippen molar-refractivity contribution in [2.75, 3.05) is 0 Å². The third-order valence-electron chi connectivity index (χ3n) is 2.46. The highest BCUT2D eigenvalue weighted by Crippen LogP contribution is 2.30. The lowest BCUT2D eigenvalue weighted by Gasteiger charge is -2.08. The topological polar surface area (TPSA) is 20.2 Å². The van der Waals surface area contributed by atoms with E-state index in [2.05, 4.69) is 0 Å². The summed E-state index contributed by atoms with van der Waals surface area (Å²) in [6.45, 7) is 1.86. The predicted molar refractivity (Wildman–Crippen MR) is 63.2 cm³/mol. The molecule has 0 spiro atoms. The summed E-state index contributed by atoms with van der Waals surface area (Å²) in [4.78, 5) is 0. The SMILES string of the molecule is Cc1c(Cl)cccc1-c1cc(O)cc(F)c1. The van der Waals surface area contributed by atoms with Crippen molar-refractivity contribution >= 4 is 11.6 Å². The number of halogens is 2. The maximum absolute atomic E-state index is 13.2. The first-order valence-electron chi connectivity index (χ1n) is 4.83. The monoisotopic (exact) mass is 236 g/mol. The fourth-order valence-corrected chi connectivity index (χ4v) is 1.82. The molecule has 0 fully saturated rings. The second kappa shape index (κ2) is 4.14. The van der Waals surface area contributed by atoms with Gasteiger partial charge < -0.3 is 5.11 Å². The van der Waals surface area contributed by atoms with Gasteiger partial charge in [-0.05, 0) is 41.8 Å². The van der Waals surface area contributed by atoms with Crippen LogP contribution in [0.3, 0.4) is 0 Å². The Bertz CT molecular complexity index is 517. The summed E-state index contributed by atoms with van der Waals surface area (Å²) in [5, 5.41) is 9.97. The number of rotatable bonds is 1. The molecule has 0 saturated carbocycles. The average molecular weight is 237 g/mol. The highest BCUT2D eigenvalue weighted by atomic mass is 35.5. The van der Waals surface area contributed by atoms with Crippen LogP contribution in [-0.2, 0) is 0 Å². The van der Waals surface area contributed by atoms with E-state index in [0.29, 0.717) is 10.6 Å². The van der Waals surface area contributed by atoms with Gasteiger partial charge in [-0.3, -0.25) is 0 Å². The van der Waals surface area contributed by atoms with Gasteiger partial charge in [-0.2, -0.15) is 0 Å². The first kappa shape index (κ1) is 11.0. The lowest BCUT2D eigenvalue weighted by atomic mass is 10.0. The minimum absolute atomic E-state index is 0.0885. The van der Waals surface area contributed by atoms with Crippen molar-refractivity contribution in [2.24, 2.45) is 0 Å². The van der Waals surface area contributed by atoms with E-state index < -0.39 is 5.82 Å². The Labute approximate surface area is 98.1 Å². The molecule has 0 radical (unpaired) electrons. The van der Waals surface area contributed by atoms with Gasteiger partial charge in [0.05, 0.1) is 0 Å². The van der Waals surface area contributed by atoms with E-state index in [1.807, 2.05) is 13.0 Å². The molecule has 2 rings (SSSR count). The Hall–Kier alpha value is -1.54. The van der Waals surface area contributed by atoms with E-state index in [4.69, 9.17) is 11.6 Å². The van der Waals surface area contributed by atoms with E-state index >= 15 is 0 Å². The lowest BCUT2D eigenvalue weighted by Crippen LogP contribution is -1.85. The summed E-state index contributed by atoms with van der Waals surface area (Å²) in [5.74, 6) is -0.552. The fraction of sp³-hybridized carbons (Fsp3) is 0.0769. The number of hydrogen-bond acceptors (Lipinski definition) is 1. The fourth-order valence-electron chi connectivity index (χ4n) is 1.65. The molecule has 2 aromatic rings. The van der Waals surface area contributed by atoms with Gasteiger partial charge in [0.1, 0.15) is 11.6 Å². The van der Waals surface area contributed by atoms with Crippen molar-refractivity contribution < 1.29 is 9.50 Å². The summed E-state index contributed by atoms with van der Waals surface area (Å²) < 4.78 is 13.2. The van der Waals surface area contributed by atoms with E-state index in [9.17, 15) is 9.50 Å². The van der Waals surface area contributed by atoms with E-state index in [-0.39, 0.29) is 5.75 Å². The van der Waals surface area contributed by atoms with Crippen LogP contribution in [0.15, 0.2) is 36.4 Å². The molecule has 3 heteroatoms. The van der Waals surface area contributed by atoms with Crippen molar-refractivity contribution in [1.82, 2.24) is 0 Å². The standard InChI is InChI=1S/C13H10ClFO/c1-8-12(3-2-4-13(8)14)9-5-10(15)7-11(16)6-9/h2-7,16H,1H3. The van der Waals surface area contributed by atoms with Crippen molar-refractivity contribution in [3.05, 3.63) is 52.8 Å². The number of phenols is 1. The zero-order valence-corrected chi connectivity index (χ0v) is 9.42. The quantitative estimate of drug-likeness (QED) is 0.788. The van der Waals surface area contributed by atoms with Gasteiger partial charge in [0.25, 0.3) is 0 Å². The van der Waals surface area contributed by atoms with Crippen LogP contribution in [0.5, 0.6) is 5.75 Å². The van der Waals surface area contributed by atoms with Crippen molar-refractivity contribution in [2.45, 2.75) is 6.92 Å². The van der Waals surface area contributed by atoms with Crippen LogP contribution in [0.2, 0.25) is 5.02 Å². The van der Waals surface area contributed by atoms with Gasteiger partial charge in [0, 0.05) is 11.1 Å². The number of hydrogen-bond donors (Lipinski definition) is 1. The second-order valence-electron chi connectivity index (χ2n) is 3.61. The summed E-state index contributed by atoms with van der Waals surface area (Å²) in [6, 6.07) is 9.38. The molecule has 82 valence electrons. The zero-order chi connectivity index (χ0) is 11.7. The molecule has 0 aliphatic carbocycles. The van der Waals surface area contributed by atoms with Gasteiger partial charge in [0.2, 0.25) is 0 Å². The Kier molecular flexibility index (Phi) is 2.84. The molecule has 0 aromatic heterocycles. The molecular weight excluding hydrogens is 227 g/mol. The molecule has 0 heterocycles. The first-order valence-corrected chi connectivity index (χ1v) is 5.21. The smallest absolute Gasteiger partial charge is 0.127 e. The summed E-state index contributed by atoms with van der Waals surface area (Å²) in [5.41, 5.74) is 2.31. The maximum Gasteiger partial charge on any atom is 0.127 e. The van der Waals surface area contributed by atoms with Crippen LogP contribution >= 0.6 is 11.6 Å². The van der Waals surface area contributed by atoms with Crippen LogP contribution in [0.25, 0.3) is 11.1 Å². The highest BCUT2D eigenvalue weighted by Gasteiger charge is 2.07. The highest BCUT2D eigenvalue weighted by molar-refractivity contribution is 6.31. The number of benzene rings is 2. The molecule has 0 unspecified atom stereocenters. The van der Waals surface area contributed by atoms with E-state index in [1.54, 1.807) is 12.1 Å². The van der Waals surface area contributed by atoms with Crippen molar-refractivity contribution in [3.63, 3.8) is 0 Å². The van der Waals surface area contributed by atoms with Crippen LogP contribution in [-0.4, -0.2) is 5.11 Å². The largest absolute Gasteiger partial charge is 0.508 e. The van der Waals surface area contributed by atoms with Crippen molar-refractivity contribution in [1.29, 1.82) is 0 Å². The zero-order valence-electron chi connectivity index (χ0n) is 8.67. The lowest BCUT2D eigenvalue weighted by molar-refractivity contribution is 0.469. The molecule has 1 N–H and O–H groups in total. The van der Waals surface area contributed by atoms with E-state index in [0.717, 1.165) is 17.2 Å². The van der Waals surface area contributed by atoms with Crippen LogP contribution < -0.4 is 0 Å². The summed E-state index contributed by atoms with van der Waals surface area (Å²) in [7, 11) is 0. The maximum atomic E-state index is 13.2. The predicted octanol–water partition coefficient (Wildman–Crippen LogP) is 4.16. The third kappa shape index (κ3) is 2.02. The van der Waals surface area contributed by atoms with Crippen molar-refractivity contribution in [3.8, 4) is 16.9 Å². The normalized spacial score (nSPS) is 10.4. The third-order valence-corrected chi connectivity index (χ3v) is 2.87. The number of aromatic hydroxyl groups is 1. The van der Waals surface area contributed by atoms with Crippen LogP contribution in [0.1, 0.15) is 5.56 Å². The van der Waals surface area contributed by atoms with Gasteiger partial charge in [0.15, 0.2) is 0 Å². The molecule has 0 aliphatic heterocycles. The molecule has 16 heavy (non-hydrogen) atoms. The Morgan fingerprint density at radius 1 is 1.19 bits per heavy atom. The first-order chi connectivity index (χ1) is 7.58. The number of phenolic OH excluding ortho intramolecular Hbond substituents is 1. The van der Waals surface area contributed by atoms with Gasteiger partial charge >= 0.3 is 0 Å². The minimum Gasteiger partial charge on any atom is -0.508 e. The Balaban J connectivity index is 2.63. The van der Waals surface area contributed by atoms with Gasteiger partial charge in [-0.15, -0.1) is 0 Å².